The van der Waals surface area contributed by atoms with Crippen molar-refractivity contribution in [3.8, 4) is 0 Å². The molecule has 98 valence electrons. The molecule has 0 atom stereocenters. The molecule has 0 aliphatic carbocycles. The lowest BCUT2D eigenvalue weighted by molar-refractivity contribution is 0.472. The Balaban J connectivity index is 2.17. The van der Waals surface area contributed by atoms with Gasteiger partial charge in [-0.2, -0.15) is 5.10 Å². The van der Waals surface area contributed by atoms with Gasteiger partial charge in [-0.15, -0.1) is 5.10 Å². The van der Waals surface area contributed by atoms with E-state index in [1.165, 1.54) is 5.57 Å². The molecule has 2 rings (SSSR count). The van der Waals surface area contributed by atoms with Crippen LogP contribution in [0.1, 0.15) is 32.8 Å². The minimum absolute atomic E-state index is 0.269. The number of hydrogen-bond donors (Lipinski definition) is 1. The summed E-state index contributed by atoms with van der Waals surface area (Å²) in [5.41, 5.74) is 8.61. The average molecular weight is 246 g/mol. The van der Waals surface area contributed by atoms with Crippen LogP contribution in [0.25, 0.3) is 0 Å². The Morgan fingerprint density at radius 1 is 1.39 bits per heavy atom. The third-order valence-electron chi connectivity index (χ3n) is 3.47. The van der Waals surface area contributed by atoms with Crippen LogP contribution in [0.5, 0.6) is 0 Å². The van der Waals surface area contributed by atoms with Crippen LogP contribution in [0.2, 0.25) is 0 Å². The first-order valence-electron chi connectivity index (χ1n) is 6.47. The van der Waals surface area contributed by atoms with E-state index >= 15 is 0 Å². The second kappa shape index (κ2) is 5.06. The molecule has 0 spiro atoms. The first-order valence-corrected chi connectivity index (χ1v) is 6.47. The summed E-state index contributed by atoms with van der Waals surface area (Å²) >= 11 is 0. The summed E-state index contributed by atoms with van der Waals surface area (Å²) in [5.74, 6) is 0.934. The molecule has 0 saturated carbocycles. The van der Waals surface area contributed by atoms with Crippen molar-refractivity contribution in [2.75, 3.05) is 18.0 Å². The van der Waals surface area contributed by atoms with E-state index in [4.69, 9.17) is 5.73 Å². The molecular weight excluding hydrogens is 224 g/mol. The number of anilines is 1. The van der Waals surface area contributed by atoms with Crippen LogP contribution in [0, 0.1) is 5.41 Å². The van der Waals surface area contributed by atoms with E-state index < -0.39 is 0 Å². The van der Waals surface area contributed by atoms with Gasteiger partial charge in [-0.1, -0.05) is 32.4 Å². The molecular formula is C14H22N4. The number of hydrogen-bond acceptors (Lipinski definition) is 4. The SMILES string of the molecule is CC(C)(C)C1=CCN(c2nnccc2CN)CC1. The van der Waals surface area contributed by atoms with Gasteiger partial charge in [-0.3, -0.25) is 0 Å². The molecule has 0 saturated heterocycles. The smallest absolute Gasteiger partial charge is 0.156 e. The van der Waals surface area contributed by atoms with Crippen molar-refractivity contribution in [3.05, 3.63) is 29.5 Å². The zero-order valence-corrected chi connectivity index (χ0v) is 11.5. The fourth-order valence-corrected chi connectivity index (χ4v) is 2.32. The second-order valence-corrected chi connectivity index (χ2v) is 5.76. The van der Waals surface area contributed by atoms with Gasteiger partial charge >= 0.3 is 0 Å². The summed E-state index contributed by atoms with van der Waals surface area (Å²) < 4.78 is 0. The summed E-state index contributed by atoms with van der Waals surface area (Å²) in [6.45, 7) is 9.21. The van der Waals surface area contributed by atoms with Crippen LogP contribution in [-0.4, -0.2) is 23.3 Å². The van der Waals surface area contributed by atoms with Gasteiger partial charge in [-0.05, 0) is 17.9 Å². The molecule has 1 aromatic rings. The maximum absolute atomic E-state index is 5.74. The zero-order valence-electron chi connectivity index (χ0n) is 11.5. The highest BCUT2D eigenvalue weighted by molar-refractivity contribution is 5.47. The van der Waals surface area contributed by atoms with E-state index in [1.807, 2.05) is 6.07 Å². The molecule has 0 amide bonds. The molecule has 0 bridgehead atoms. The largest absolute Gasteiger partial charge is 0.351 e. The van der Waals surface area contributed by atoms with Gasteiger partial charge in [0.25, 0.3) is 0 Å². The van der Waals surface area contributed by atoms with Crippen molar-refractivity contribution < 1.29 is 0 Å². The van der Waals surface area contributed by atoms with E-state index in [0.717, 1.165) is 30.9 Å². The lowest BCUT2D eigenvalue weighted by atomic mass is 9.83. The highest BCUT2D eigenvalue weighted by Crippen LogP contribution is 2.31. The fraction of sp³-hybridized carbons (Fsp3) is 0.571. The Kier molecular flexibility index (Phi) is 3.66. The van der Waals surface area contributed by atoms with Crippen molar-refractivity contribution in [1.82, 2.24) is 10.2 Å². The Bertz CT molecular complexity index is 445. The maximum Gasteiger partial charge on any atom is 0.156 e. The summed E-state index contributed by atoms with van der Waals surface area (Å²) in [6, 6.07) is 1.95. The molecule has 0 fully saturated rings. The molecule has 2 N–H and O–H groups in total. The third kappa shape index (κ3) is 2.70. The van der Waals surface area contributed by atoms with E-state index in [9.17, 15) is 0 Å². The molecule has 4 nitrogen and oxygen atoms in total. The van der Waals surface area contributed by atoms with Crippen molar-refractivity contribution in [2.24, 2.45) is 11.1 Å². The predicted octanol–water partition coefficient (Wildman–Crippen LogP) is 2.12. The quantitative estimate of drug-likeness (QED) is 0.812. The molecule has 1 aromatic heterocycles. The number of aromatic nitrogens is 2. The van der Waals surface area contributed by atoms with Gasteiger partial charge in [-0.25, -0.2) is 0 Å². The number of nitrogens with zero attached hydrogens (tertiary/aromatic N) is 3. The summed E-state index contributed by atoms with van der Waals surface area (Å²) in [5, 5.41) is 8.20. The maximum atomic E-state index is 5.74. The second-order valence-electron chi connectivity index (χ2n) is 5.76. The highest BCUT2D eigenvalue weighted by Gasteiger charge is 2.22. The van der Waals surface area contributed by atoms with Gasteiger partial charge in [0.05, 0.1) is 6.20 Å². The monoisotopic (exact) mass is 246 g/mol. The number of rotatable bonds is 2. The van der Waals surface area contributed by atoms with Gasteiger partial charge in [0.15, 0.2) is 5.82 Å². The summed E-state index contributed by atoms with van der Waals surface area (Å²) in [4.78, 5) is 2.25. The summed E-state index contributed by atoms with van der Waals surface area (Å²) in [7, 11) is 0. The lowest BCUT2D eigenvalue weighted by Crippen LogP contribution is -2.33. The van der Waals surface area contributed by atoms with Crippen molar-refractivity contribution in [2.45, 2.75) is 33.7 Å². The minimum Gasteiger partial charge on any atom is -0.351 e. The van der Waals surface area contributed by atoms with Crippen molar-refractivity contribution in [3.63, 3.8) is 0 Å². The van der Waals surface area contributed by atoms with Crippen molar-refractivity contribution in [1.29, 1.82) is 0 Å². The molecule has 18 heavy (non-hydrogen) atoms. The lowest BCUT2D eigenvalue weighted by Gasteiger charge is -2.33. The first-order chi connectivity index (χ1) is 8.52. The fourth-order valence-electron chi connectivity index (χ4n) is 2.32. The molecule has 1 aliphatic rings. The van der Waals surface area contributed by atoms with E-state index in [2.05, 4.69) is 41.9 Å². The normalized spacial score (nSPS) is 16.7. The molecule has 0 radical (unpaired) electrons. The Morgan fingerprint density at radius 2 is 2.17 bits per heavy atom. The zero-order chi connectivity index (χ0) is 13.2. The standard InChI is InChI=1S/C14H22N4/c1-14(2,3)12-5-8-18(9-6-12)13-11(10-15)4-7-16-17-13/h4-5,7H,6,8-10,15H2,1-3H3. The predicted molar refractivity (Wildman–Crippen MR) is 74.3 cm³/mol. The molecule has 1 aliphatic heterocycles. The summed E-state index contributed by atoms with van der Waals surface area (Å²) in [6.07, 6.45) is 5.11. The topological polar surface area (TPSA) is 55.0 Å². The van der Waals surface area contributed by atoms with Crippen LogP contribution >= 0.6 is 0 Å². The van der Waals surface area contributed by atoms with Crippen LogP contribution in [0.3, 0.4) is 0 Å². The van der Waals surface area contributed by atoms with Crippen LogP contribution in [-0.2, 0) is 6.54 Å². The number of nitrogens with two attached hydrogens (primary N) is 1. The van der Waals surface area contributed by atoms with Crippen LogP contribution in [0.4, 0.5) is 5.82 Å². The Hall–Kier alpha value is -1.42. The minimum atomic E-state index is 0.269. The highest BCUT2D eigenvalue weighted by atomic mass is 15.3. The molecule has 0 unspecified atom stereocenters. The van der Waals surface area contributed by atoms with E-state index in [0.29, 0.717) is 6.54 Å². The van der Waals surface area contributed by atoms with E-state index in [-0.39, 0.29) is 5.41 Å². The molecule has 4 heteroatoms. The first kappa shape index (κ1) is 13.0. The molecule has 2 heterocycles. The van der Waals surface area contributed by atoms with Gasteiger partial charge in [0.2, 0.25) is 0 Å². The third-order valence-corrected chi connectivity index (χ3v) is 3.47. The van der Waals surface area contributed by atoms with Gasteiger partial charge < -0.3 is 10.6 Å². The Labute approximate surface area is 109 Å². The van der Waals surface area contributed by atoms with Crippen molar-refractivity contribution >= 4 is 5.82 Å². The van der Waals surface area contributed by atoms with Gasteiger partial charge in [0, 0.05) is 25.2 Å². The average Bonchev–Trinajstić information content (AvgIpc) is 2.38. The Morgan fingerprint density at radius 3 is 2.72 bits per heavy atom. The van der Waals surface area contributed by atoms with E-state index in [1.54, 1.807) is 6.20 Å². The van der Waals surface area contributed by atoms with Crippen LogP contribution < -0.4 is 10.6 Å². The van der Waals surface area contributed by atoms with Gasteiger partial charge in [0.1, 0.15) is 0 Å². The molecule has 0 aromatic carbocycles. The van der Waals surface area contributed by atoms with Crippen LogP contribution in [0.15, 0.2) is 23.9 Å².